The van der Waals surface area contributed by atoms with Crippen LogP contribution in [0.4, 0.5) is 10.3 Å². The largest absolute Gasteiger partial charge is 0.369 e. The second kappa shape index (κ2) is 4.51. The van der Waals surface area contributed by atoms with E-state index in [1.54, 1.807) is 34.9 Å². The molecule has 0 atom stereocenters. The van der Waals surface area contributed by atoms with Crippen molar-refractivity contribution in [3.63, 3.8) is 0 Å². The van der Waals surface area contributed by atoms with Crippen LogP contribution in [0.25, 0.3) is 16.7 Å². The smallest absolute Gasteiger partial charge is 0.206 e. The number of anilines is 1. The Labute approximate surface area is 121 Å². The Morgan fingerprint density at radius 1 is 1.21 bits per heavy atom. The Morgan fingerprint density at radius 2 is 2.00 bits per heavy atom. The summed E-state index contributed by atoms with van der Waals surface area (Å²) in [7, 11) is 0. The molecule has 0 aliphatic rings. The SMILES string of the molecule is Nc1nc2cc(Cl)ccc2n1-c1ccc(Br)cc1F. The molecule has 0 spiro atoms. The summed E-state index contributed by atoms with van der Waals surface area (Å²) >= 11 is 9.13. The molecule has 0 bridgehead atoms. The van der Waals surface area contributed by atoms with Gasteiger partial charge in [0.1, 0.15) is 5.82 Å². The van der Waals surface area contributed by atoms with Gasteiger partial charge in [0.25, 0.3) is 0 Å². The van der Waals surface area contributed by atoms with E-state index in [4.69, 9.17) is 17.3 Å². The van der Waals surface area contributed by atoms with E-state index < -0.39 is 0 Å². The van der Waals surface area contributed by atoms with Gasteiger partial charge in [-0.25, -0.2) is 9.37 Å². The number of benzene rings is 2. The van der Waals surface area contributed by atoms with Gasteiger partial charge in [0, 0.05) is 9.50 Å². The summed E-state index contributed by atoms with van der Waals surface area (Å²) in [5, 5.41) is 0.563. The quantitative estimate of drug-likeness (QED) is 0.723. The first-order valence-corrected chi connectivity index (χ1v) is 6.62. The fourth-order valence-corrected chi connectivity index (χ4v) is 2.49. The summed E-state index contributed by atoms with van der Waals surface area (Å²) in [5.74, 6) is -0.159. The molecule has 3 rings (SSSR count). The third kappa shape index (κ3) is 2.09. The van der Waals surface area contributed by atoms with Gasteiger partial charge in [-0.15, -0.1) is 0 Å². The first-order chi connectivity index (χ1) is 9.06. The molecule has 1 aromatic heterocycles. The average Bonchev–Trinajstić information content (AvgIpc) is 2.65. The van der Waals surface area contributed by atoms with E-state index >= 15 is 0 Å². The molecule has 2 N–H and O–H groups in total. The summed E-state index contributed by atoms with van der Waals surface area (Å²) < 4.78 is 16.3. The second-order valence-electron chi connectivity index (χ2n) is 4.03. The van der Waals surface area contributed by atoms with Gasteiger partial charge >= 0.3 is 0 Å². The standard InChI is InChI=1S/C13H8BrClFN3/c14-7-1-3-11(9(16)5-7)19-12-4-2-8(15)6-10(12)18-13(19)17/h1-6H,(H2,17,18). The van der Waals surface area contributed by atoms with Crippen LogP contribution in [0.15, 0.2) is 40.9 Å². The van der Waals surface area contributed by atoms with Gasteiger partial charge in [-0.1, -0.05) is 27.5 Å². The Morgan fingerprint density at radius 3 is 2.74 bits per heavy atom. The van der Waals surface area contributed by atoms with Crippen molar-refractivity contribution in [1.82, 2.24) is 9.55 Å². The predicted octanol–water partition coefficient (Wildman–Crippen LogP) is 4.16. The van der Waals surface area contributed by atoms with Gasteiger partial charge in [-0.2, -0.15) is 0 Å². The van der Waals surface area contributed by atoms with E-state index in [2.05, 4.69) is 20.9 Å². The molecule has 19 heavy (non-hydrogen) atoms. The Bertz CT molecular complexity index is 785. The molecule has 0 saturated heterocycles. The van der Waals surface area contributed by atoms with Crippen LogP contribution in [0.2, 0.25) is 5.02 Å². The van der Waals surface area contributed by atoms with Crippen molar-refractivity contribution in [3.05, 3.63) is 51.7 Å². The number of nitrogens with two attached hydrogens (primary N) is 1. The van der Waals surface area contributed by atoms with Crippen molar-refractivity contribution in [2.24, 2.45) is 0 Å². The highest BCUT2D eigenvalue weighted by Crippen LogP contribution is 2.27. The molecule has 3 aromatic rings. The van der Waals surface area contributed by atoms with E-state index in [1.807, 2.05) is 0 Å². The van der Waals surface area contributed by atoms with Crippen LogP contribution >= 0.6 is 27.5 Å². The molecule has 0 saturated carbocycles. The molecule has 0 aliphatic carbocycles. The van der Waals surface area contributed by atoms with E-state index in [9.17, 15) is 4.39 Å². The van der Waals surface area contributed by atoms with Crippen LogP contribution in [-0.4, -0.2) is 9.55 Å². The maximum absolute atomic E-state index is 14.0. The van der Waals surface area contributed by atoms with Gasteiger partial charge < -0.3 is 5.73 Å². The lowest BCUT2D eigenvalue weighted by Gasteiger charge is -2.08. The number of fused-ring (bicyclic) bond motifs is 1. The Balaban J connectivity index is 2.33. The highest BCUT2D eigenvalue weighted by Gasteiger charge is 2.13. The van der Waals surface area contributed by atoms with E-state index in [1.165, 1.54) is 6.07 Å². The highest BCUT2D eigenvalue weighted by molar-refractivity contribution is 9.10. The zero-order valence-electron chi connectivity index (χ0n) is 9.57. The average molecular weight is 341 g/mol. The van der Waals surface area contributed by atoms with Gasteiger partial charge in [-0.05, 0) is 36.4 Å². The number of halogens is 3. The topological polar surface area (TPSA) is 43.8 Å². The summed E-state index contributed by atoms with van der Waals surface area (Å²) in [4.78, 5) is 4.19. The number of hydrogen-bond donors (Lipinski definition) is 1. The van der Waals surface area contributed by atoms with Crippen LogP contribution in [0.1, 0.15) is 0 Å². The number of nitrogens with zero attached hydrogens (tertiary/aromatic N) is 2. The maximum atomic E-state index is 14.0. The fraction of sp³-hybridized carbons (Fsp3) is 0. The zero-order valence-corrected chi connectivity index (χ0v) is 11.9. The van der Waals surface area contributed by atoms with Gasteiger partial charge in [0.2, 0.25) is 5.95 Å². The molecule has 2 aromatic carbocycles. The molecule has 0 fully saturated rings. The fourth-order valence-electron chi connectivity index (χ4n) is 1.99. The molecule has 0 aliphatic heterocycles. The number of rotatable bonds is 1. The van der Waals surface area contributed by atoms with Crippen LogP contribution < -0.4 is 5.73 Å². The lowest BCUT2D eigenvalue weighted by molar-refractivity contribution is 0.619. The van der Waals surface area contributed by atoms with Crippen molar-refractivity contribution in [2.75, 3.05) is 5.73 Å². The third-order valence-electron chi connectivity index (χ3n) is 2.79. The van der Waals surface area contributed by atoms with E-state index in [0.29, 0.717) is 26.2 Å². The highest BCUT2D eigenvalue weighted by atomic mass is 79.9. The maximum Gasteiger partial charge on any atom is 0.206 e. The van der Waals surface area contributed by atoms with Gasteiger partial charge in [-0.3, -0.25) is 4.57 Å². The molecule has 96 valence electrons. The lowest BCUT2D eigenvalue weighted by Crippen LogP contribution is -2.02. The first kappa shape index (κ1) is 12.4. The van der Waals surface area contributed by atoms with Crippen molar-refractivity contribution >= 4 is 44.5 Å². The monoisotopic (exact) mass is 339 g/mol. The molecule has 3 nitrogen and oxygen atoms in total. The minimum atomic E-state index is -0.379. The van der Waals surface area contributed by atoms with E-state index in [-0.39, 0.29) is 11.8 Å². The number of imidazole rings is 1. The van der Waals surface area contributed by atoms with Crippen LogP contribution in [0, 0.1) is 5.82 Å². The molecular weight excluding hydrogens is 333 g/mol. The normalized spacial score (nSPS) is 11.1. The van der Waals surface area contributed by atoms with Crippen molar-refractivity contribution in [2.45, 2.75) is 0 Å². The van der Waals surface area contributed by atoms with Crippen LogP contribution in [0.5, 0.6) is 0 Å². The number of aromatic nitrogens is 2. The van der Waals surface area contributed by atoms with Crippen molar-refractivity contribution in [3.8, 4) is 5.69 Å². The number of hydrogen-bond acceptors (Lipinski definition) is 2. The lowest BCUT2D eigenvalue weighted by atomic mass is 10.2. The molecule has 0 amide bonds. The van der Waals surface area contributed by atoms with E-state index in [0.717, 1.165) is 0 Å². The zero-order chi connectivity index (χ0) is 13.6. The second-order valence-corrected chi connectivity index (χ2v) is 5.39. The predicted molar refractivity (Wildman–Crippen MR) is 78.2 cm³/mol. The van der Waals surface area contributed by atoms with Crippen LogP contribution in [0.3, 0.4) is 0 Å². The van der Waals surface area contributed by atoms with Gasteiger partial charge in [0.15, 0.2) is 0 Å². The number of nitrogen functional groups attached to an aromatic ring is 1. The summed E-state index contributed by atoms with van der Waals surface area (Å²) in [6.45, 7) is 0. The molecule has 6 heteroatoms. The molecule has 0 radical (unpaired) electrons. The molecule has 0 unspecified atom stereocenters. The molecular formula is C13H8BrClFN3. The van der Waals surface area contributed by atoms with Crippen LogP contribution in [-0.2, 0) is 0 Å². The Kier molecular flexibility index (Phi) is 2.95. The molecule has 1 heterocycles. The van der Waals surface area contributed by atoms with Crippen molar-refractivity contribution in [1.29, 1.82) is 0 Å². The van der Waals surface area contributed by atoms with Gasteiger partial charge in [0.05, 0.1) is 16.7 Å². The first-order valence-electron chi connectivity index (χ1n) is 5.45. The summed E-state index contributed by atoms with van der Waals surface area (Å²) in [6, 6.07) is 9.96. The minimum Gasteiger partial charge on any atom is -0.369 e. The summed E-state index contributed by atoms with van der Waals surface area (Å²) in [5.41, 5.74) is 7.57. The summed E-state index contributed by atoms with van der Waals surface area (Å²) in [6.07, 6.45) is 0. The Hall–Kier alpha value is -1.59. The minimum absolute atomic E-state index is 0.221. The third-order valence-corrected chi connectivity index (χ3v) is 3.52. The van der Waals surface area contributed by atoms with Crippen molar-refractivity contribution < 1.29 is 4.39 Å².